The lowest BCUT2D eigenvalue weighted by molar-refractivity contribution is 0.233. The number of nitrogens with zero attached hydrogens (tertiary/aromatic N) is 2. The van der Waals surface area contributed by atoms with E-state index in [-0.39, 0.29) is 0 Å². The van der Waals surface area contributed by atoms with Crippen LogP contribution >= 0.6 is 0 Å². The molecular formula is C14H23N3. The van der Waals surface area contributed by atoms with Gasteiger partial charge in [-0.2, -0.15) is 0 Å². The molecule has 17 heavy (non-hydrogen) atoms. The van der Waals surface area contributed by atoms with Gasteiger partial charge in [0.05, 0.1) is 6.54 Å². The molecule has 0 spiro atoms. The lowest BCUT2D eigenvalue weighted by Crippen LogP contribution is -2.24. The highest BCUT2D eigenvalue weighted by atomic mass is 15.2. The average molecular weight is 233 g/mol. The van der Waals surface area contributed by atoms with Crippen LogP contribution in [0.15, 0.2) is 12.4 Å². The Morgan fingerprint density at radius 3 is 2.82 bits per heavy atom. The maximum Gasteiger partial charge on any atom is 0.120 e. The first-order chi connectivity index (χ1) is 8.42. The second-order valence-corrected chi connectivity index (χ2v) is 5.72. The first kappa shape index (κ1) is 11.3. The van der Waals surface area contributed by atoms with Crippen molar-refractivity contribution in [3.8, 4) is 0 Å². The number of rotatable bonds is 3. The van der Waals surface area contributed by atoms with Gasteiger partial charge in [0.1, 0.15) is 5.82 Å². The predicted molar refractivity (Wildman–Crippen MR) is 68.5 cm³/mol. The van der Waals surface area contributed by atoms with Crippen molar-refractivity contribution in [2.24, 2.45) is 11.8 Å². The fourth-order valence-corrected chi connectivity index (χ4v) is 3.59. The zero-order valence-corrected chi connectivity index (χ0v) is 10.6. The number of hydrogen-bond acceptors (Lipinski definition) is 2. The van der Waals surface area contributed by atoms with Crippen LogP contribution in [0.5, 0.6) is 0 Å². The highest BCUT2D eigenvalue weighted by Gasteiger charge is 2.30. The SMILES string of the molecule is c1c[nH]c(CN2CC[C@H](C3CCCCC3)C2)n1. The maximum atomic E-state index is 4.32. The van der Waals surface area contributed by atoms with Gasteiger partial charge in [-0.25, -0.2) is 4.98 Å². The largest absolute Gasteiger partial charge is 0.348 e. The highest BCUT2D eigenvalue weighted by molar-refractivity contribution is 4.90. The summed E-state index contributed by atoms with van der Waals surface area (Å²) in [6.45, 7) is 3.57. The molecule has 1 saturated carbocycles. The van der Waals surface area contributed by atoms with E-state index in [0.29, 0.717) is 0 Å². The smallest absolute Gasteiger partial charge is 0.120 e. The molecule has 94 valence electrons. The molecule has 0 aromatic carbocycles. The Labute approximate surface area is 104 Å². The molecule has 3 nitrogen and oxygen atoms in total. The zero-order chi connectivity index (χ0) is 11.5. The number of hydrogen-bond donors (Lipinski definition) is 1. The zero-order valence-electron chi connectivity index (χ0n) is 10.6. The van der Waals surface area contributed by atoms with Crippen molar-refractivity contribution < 1.29 is 0 Å². The normalized spacial score (nSPS) is 27.6. The molecule has 1 atom stereocenters. The van der Waals surface area contributed by atoms with E-state index in [1.807, 2.05) is 12.4 Å². The third kappa shape index (κ3) is 2.71. The van der Waals surface area contributed by atoms with E-state index in [1.165, 1.54) is 51.6 Å². The second-order valence-electron chi connectivity index (χ2n) is 5.72. The third-order valence-corrected chi connectivity index (χ3v) is 4.55. The summed E-state index contributed by atoms with van der Waals surface area (Å²) in [7, 11) is 0. The van der Waals surface area contributed by atoms with Gasteiger partial charge >= 0.3 is 0 Å². The average Bonchev–Trinajstić information content (AvgIpc) is 3.02. The molecule has 2 fully saturated rings. The summed E-state index contributed by atoms with van der Waals surface area (Å²) in [5.41, 5.74) is 0. The standard InChI is InChI=1S/C14H23N3/c1-2-4-12(5-3-1)13-6-9-17(10-13)11-14-15-7-8-16-14/h7-8,12-13H,1-6,9-11H2,(H,15,16)/t13-/m0/s1. The van der Waals surface area contributed by atoms with E-state index in [2.05, 4.69) is 14.9 Å². The van der Waals surface area contributed by atoms with E-state index in [0.717, 1.165) is 24.2 Å². The molecule has 2 heterocycles. The van der Waals surface area contributed by atoms with E-state index >= 15 is 0 Å². The first-order valence-corrected chi connectivity index (χ1v) is 7.12. The Hall–Kier alpha value is -0.830. The van der Waals surface area contributed by atoms with Crippen LogP contribution < -0.4 is 0 Å². The lowest BCUT2D eigenvalue weighted by atomic mass is 9.80. The van der Waals surface area contributed by atoms with Crippen molar-refractivity contribution in [1.82, 2.24) is 14.9 Å². The van der Waals surface area contributed by atoms with Gasteiger partial charge in [0.15, 0.2) is 0 Å². The summed E-state index contributed by atoms with van der Waals surface area (Å²) in [4.78, 5) is 10.1. The number of nitrogens with one attached hydrogen (secondary N) is 1. The monoisotopic (exact) mass is 233 g/mol. The molecule has 0 radical (unpaired) electrons. The molecule has 3 rings (SSSR count). The summed E-state index contributed by atoms with van der Waals surface area (Å²) >= 11 is 0. The van der Waals surface area contributed by atoms with Crippen molar-refractivity contribution in [2.45, 2.75) is 45.1 Å². The minimum Gasteiger partial charge on any atom is -0.348 e. The summed E-state index contributed by atoms with van der Waals surface area (Å²) in [6, 6.07) is 0. The maximum absolute atomic E-state index is 4.32. The number of imidazole rings is 1. The molecule has 0 unspecified atom stereocenters. The molecule has 1 N–H and O–H groups in total. The van der Waals surface area contributed by atoms with Crippen molar-refractivity contribution in [3.05, 3.63) is 18.2 Å². The summed E-state index contributed by atoms with van der Waals surface area (Å²) in [5, 5.41) is 0. The van der Waals surface area contributed by atoms with Crippen LogP contribution in [0.1, 0.15) is 44.3 Å². The van der Waals surface area contributed by atoms with E-state index in [9.17, 15) is 0 Å². The number of likely N-dealkylation sites (tertiary alicyclic amines) is 1. The van der Waals surface area contributed by atoms with E-state index in [4.69, 9.17) is 0 Å². The molecular weight excluding hydrogens is 210 g/mol. The molecule has 2 aliphatic rings. The Morgan fingerprint density at radius 2 is 2.06 bits per heavy atom. The van der Waals surface area contributed by atoms with Crippen LogP contribution in [0, 0.1) is 11.8 Å². The van der Waals surface area contributed by atoms with Crippen molar-refractivity contribution in [2.75, 3.05) is 13.1 Å². The summed E-state index contributed by atoms with van der Waals surface area (Å²) in [6.07, 6.45) is 12.6. The van der Waals surface area contributed by atoms with Gasteiger partial charge in [0, 0.05) is 18.9 Å². The first-order valence-electron chi connectivity index (χ1n) is 7.12. The molecule has 1 saturated heterocycles. The van der Waals surface area contributed by atoms with Crippen molar-refractivity contribution >= 4 is 0 Å². The Bertz CT molecular complexity index is 327. The predicted octanol–water partition coefficient (Wildman–Crippen LogP) is 2.81. The van der Waals surface area contributed by atoms with Gasteiger partial charge < -0.3 is 4.98 Å². The quantitative estimate of drug-likeness (QED) is 0.870. The van der Waals surface area contributed by atoms with Crippen molar-refractivity contribution in [3.63, 3.8) is 0 Å². The Balaban J connectivity index is 1.51. The van der Waals surface area contributed by atoms with Crippen LogP contribution in [0.2, 0.25) is 0 Å². The van der Waals surface area contributed by atoms with Crippen LogP contribution in [-0.4, -0.2) is 28.0 Å². The van der Waals surface area contributed by atoms with Gasteiger partial charge in [-0.05, 0) is 24.8 Å². The summed E-state index contributed by atoms with van der Waals surface area (Å²) < 4.78 is 0. The van der Waals surface area contributed by atoms with Gasteiger partial charge in [-0.3, -0.25) is 4.90 Å². The minimum absolute atomic E-state index is 0.963. The number of aromatic nitrogens is 2. The Morgan fingerprint density at radius 1 is 1.18 bits per heavy atom. The molecule has 3 heteroatoms. The van der Waals surface area contributed by atoms with Crippen LogP contribution in [0.4, 0.5) is 0 Å². The molecule has 1 aromatic heterocycles. The fourth-order valence-electron chi connectivity index (χ4n) is 3.59. The topological polar surface area (TPSA) is 31.9 Å². The van der Waals surface area contributed by atoms with Crippen LogP contribution in [0.25, 0.3) is 0 Å². The van der Waals surface area contributed by atoms with Crippen molar-refractivity contribution in [1.29, 1.82) is 0 Å². The Kier molecular flexibility index (Phi) is 3.46. The molecule has 1 aromatic rings. The van der Waals surface area contributed by atoms with Crippen LogP contribution in [0.3, 0.4) is 0 Å². The van der Waals surface area contributed by atoms with Gasteiger partial charge in [0.2, 0.25) is 0 Å². The van der Waals surface area contributed by atoms with E-state index in [1.54, 1.807) is 0 Å². The fraction of sp³-hybridized carbons (Fsp3) is 0.786. The minimum atomic E-state index is 0.963. The lowest BCUT2D eigenvalue weighted by Gasteiger charge is -2.27. The number of aromatic amines is 1. The van der Waals surface area contributed by atoms with Gasteiger partial charge in [0.25, 0.3) is 0 Å². The summed E-state index contributed by atoms with van der Waals surface area (Å²) in [5.74, 6) is 3.10. The molecule has 0 amide bonds. The molecule has 0 bridgehead atoms. The van der Waals surface area contributed by atoms with E-state index < -0.39 is 0 Å². The number of H-pyrrole nitrogens is 1. The van der Waals surface area contributed by atoms with Gasteiger partial charge in [-0.15, -0.1) is 0 Å². The van der Waals surface area contributed by atoms with Gasteiger partial charge in [-0.1, -0.05) is 32.1 Å². The highest BCUT2D eigenvalue weighted by Crippen LogP contribution is 2.35. The molecule has 1 aliphatic carbocycles. The van der Waals surface area contributed by atoms with Crippen LogP contribution in [-0.2, 0) is 6.54 Å². The second kappa shape index (κ2) is 5.21. The molecule has 1 aliphatic heterocycles. The third-order valence-electron chi connectivity index (χ3n) is 4.55.